The van der Waals surface area contributed by atoms with Crippen LogP contribution in [0.5, 0.6) is 0 Å². The second-order valence-electron chi connectivity index (χ2n) is 5.25. The quantitative estimate of drug-likeness (QED) is 0.716. The maximum Gasteiger partial charge on any atom is 0.336 e. The van der Waals surface area contributed by atoms with E-state index in [4.69, 9.17) is 5.11 Å². The molecule has 1 aliphatic rings. The third-order valence-electron chi connectivity index (χ3n) is 3.31. The van der Waals surface area contributed by atoms with Gasteiger partial charge in [0.15, 0.2) is 5.60 Å². The summed E-state index contributed by atoms with van der Waals surface area (Å²) < 4.78 is 26.1. The van der Waals surface area contributed by atoms with Crippen LogP contribution in [0.4, 0.5) is 0 Å². The molecule has 0 aromatic heterocycles. The minimum atomic E-state index is -3.82. The molecule has 0 heterocycles. The van der Waals surface area contributed by atoms with Gasteiger partial charge in [0.1, 0.15) is 0 Å². The molecule has 20 heavy (non-hydrogen) atoms. The molecular weight excluding hydrogens is 282 g/mol. The summed E-state index contributed by atoms with van der Waals surface area (Å²) in [5.74, 6) is -0.947. The van der Waals surface area contributed by atoms with Crippen LogP contribution in [-0.2, 0) is 14.8 Å². The summed E-state index contributed by atoms with van der Waals surface area (Å²) in [4.78, 5) is 10.8. The summed E-state index contributed by atoms with van der Waals surface area (Å²) in [5, 5.41) is 18.2. The minimum Gasteiger partial charge on any atom is -0.479 e. The van der Waals surface area contributed by atoms with E-state index in [9.17, 15) is 18.3 Å². The van der Waals surface area contributed by atoms with Crippen molar-refractivity contribution in [1.82, 2.24) is 4.72 Å². The predicted octanol–water partition coefficient (Wildman–Crippen LogP) is 0.678. The standard InChI is InChI=1S/C13H17NO5S/c1-13(17,12(15)16)8-14-20(18,19)11-6-4-10(5-7-11)9-2-3-9/h4-7,9,14,17H,2-3,8H2,1H3,(H,15,16). The molecule has 110 valence electrons. The third kappa shape index (κ3) is 3.36. The van der Waals surface area contributed by atoms with Crippen LogP contribution in [-0.4, -0.2) is 36.7 Å². The largest absolute Gasteiger partial charge is 0.479 e. The normalized spacial score (nSPS) is 18.5. The summed E-state index contributed by atoms with van der Waals surface area (Å²) in [6.07, 6.45) is 2.26. The van der Waals surface area contributed by atoms with E-state index in [-0.39, 0.29) is 4.90 Å². The van der Waals surface area contributed by atoms with Gasteiger partial charge in [-0.3, -0.25) is 0 Å². The number of nitrogens with one attached hydrogen (secondary N) is 1. The van der Waals surface area contributed by atoms with Crippen molar-refractivity contribution < 1.29 is 23.4 Å². The summed E-state index contributed by atoms with van der Waals surface area (Å²) >= 11 is 0. The van der Waals surface area contributed by atoms with Crippen LogP contribution in [0.15, 0.2) is 29.2 Å². The summed E-state index contributed by atoms with van der Waals surface area (Å²) in [6.45, 7) is 0.448. The molecule has 0 spiro atoms. The van der Waals surface area contributed by atoms with E-state index in [1.54, 1.807) is 12.1 Å². The van der Waals surface area contributed by atoms with Gasteiger partial charge < -0.3 is 10.2 Å². The monoisotopic (exact) mass is 299 g/mol. The molecule has 7 heteroatoms. The average Bonchev–Trinajstić information content (AvgIpc) is 3.21. The molecule has 1 saturated carbocycles. The van der Waals surface area contributed by atoms with Gasteiger partial charge in [-0.15, -0.1) is 0 Å². The van der Waals surface area contributed by atoms with Crippen LogP contribution in [0.25, 0.3) is 0 Å². The number of aliphatic carboxylic acids is 1. The second kappa shape index (κ2) is 5.16. The van der Waals surface area contributed by atoms with Crippen molar-refractivity contribution in [3.05, 3.63) is 29.8 Å². The van der Waals surface area contributed by atoms with Crippen molar-refractivity contribution in [3.8, 4) is 0 Å². The molecule has 0 saturated heterocycles. The van der Waals surface area contributed by atoms with E-state index in [1.807, 2.05) is 0 Å². The van der Waals surface area contributed by atoms with Crippen molar-refractivity contribution in [2.75, 3.05) is 6.54 Å². The van der Waals surface area contributed by atoms with Crippen LogP contribution in [0, 0.1) is 0 Å². The molecule has 1 aliphatic carbocycles. The van der Waals surface area contributed by atoms with Crippen LogP contribution >= 0.6 is 0 Å². The Morgan fingerprint density at radius 3 is 2.35 bits per heavy atom. The molecule has 0 bridgehead atoms. The van der Waals surface area contributed by atoms with Crippen molar-refractivity contribution in [3.63, 3.8) is 0 Å². The number of aliphatic hydroxyl groups is 1. The first kappa shape index (κ1) is 15.0. The van der Waals surface area contributed by atoms with Gasteiger partial charge in [-0.1, -0.05) is 12.1 Å². The van der Waals surface area contributed by atoms with Crippen molar-refractivity contribution >= 4 is 16.0 Å². The van der Waals surface area contributed by atoms with Gasteiger partial charge in [0.05, 0.1) is 11.4 Å². The molecular formula is C13H17NO5S. The van der Waals surface area contributed by atoms with Crippen LogP contribution < -0.4 is 4.72 Å². The zero-order valence-corrected chi connectivity index (χ0v) is 11.9. The number of sulfonamides is 1. The van der Waals surface area contributed by atoms with Crippen molar-refractivity contribution in [2.45, 2.75) is 36.2 Å². The Hall–Kier alpha value is -1.44. The Morgan fingerprint density at radius 1 is 1.35 bits per heavy atom. The first-order chi connectivity index (χ1) is 9.22. The molecule has 3 N–H and O–H groups in total. The summed E-state index contributed by atoms with van der Waals surface area (Å²) in [5.41, 5.74) is -1.03. The second-order valence-corrected chi connectivity index (χ2v) is 7.01. The van der Waals surface area contributed by atoms with E-state index < -0.39 is 28.1 Å². The summed E-state index contributed by atoms with van der Waals surface area (Å²) in [6, 6.07) is 6.51. The topological polar surface area (TPSA) is 104 Å². The van der Waals surface area contributed by atoms with Gasteiger partial charge >= 0.3 is 5.97 Å². The Labute approximate surface area is 117 Å². The van der Waals surface area contributed by atoms with Crippen LogP contribution in [0.1, 0.15) is 31.2 Å². The molecule has 1 atom stereocenters. The van der Waals surface area contributed by atoms with Crippen LogP contribution in [0.2, 0.25) is 0 Å². The molecule has 1 unspecified atom stereocenters. The molecule has 1 fully saturated rings. The number of carboxylic acids is 1. The maximum absolute atomic E-state index is 12.0. The highest BCUT2D eigenvalue weighted by Crippen LogP contribution is 2.40. The average molecular weight is 299 g/mol. The molecule has 0 amide bonds. The number of carboxylic acid groups (broad SMARTS) is 1. The number of carbonyl (C=O) groups is 1. The van der Waals surface area contributed by atoms with Gasteiger partial charge in [-0.25, -0.2) is 17.9 Å². The smallest absolute Gasteiger partial charge is 0.336 e. The Kier molecular flexibility index (Phi) is 3.86. The number of hydrogen-bond donors (Lipinski definition) is 3. The first-order valence-corrected chi connectivity index (χ1v) is 7.76. The Bertz CT molecular complexity index is 602. The zero-order valence-electron chi connectivity index (χ0n) is 11.0. The zero-order chi connectivity index (χ0) is 15.0. The predicted molar refractivity (Wildman–Crippen MR) is 71.9 cm³/mol. The Balaban J connectivity index is 2.08. The van der Waals surface area contributed by atoms with Gasteiger partial charge in [-0.05, 0) is 43.4 Å². The van der Waals surface area contributed by atoms with Gasteiger partial charge in [0, 0.05) is 0 Å². The fourth-order valence-electron chi connectivity index (χ4n) is 1.73. The van der Waals surface area contributed by atoms with E-state index in [2.05, 4.69) is 4.72 Å². The van der Waals surface area contributed by atoms with Crippen LogP contribution in [0.3, 0.4) is 0 Å². The maximum atomic E-state index is 12.0. The minimum absolute atomic E-state index is 0.0584. The van der Waals surface area contributed by atoms with Gasteiger partial charge in [0.2, 0.25) is 10.0 Å². The lowest BCUT2D eigenvalue weighted by Gasteiger charge is -2.18. The Morgan fingerprint density at radius 2 is 1.90 bits per heavy atom. The fourth-order valence-corrected chi connectivity index (χ4v) is 2.86. The van der Waals surface area contributed by atoms with Crippen molar-refractivity contribution in [1.29, 1.82) is 0 Å². The molecule has 1 aromatic rings. The van der Waals surface area contributed by atoms with Gasteiger partial charge in [0.25, 0.3) is 0 Å². The SMILES string of the molecule is CC(O)(CNS(=O)(=O)c1ccc(C2CC2)cc1)C(=O)O. The molecule has 0 aliphatic heterocycles. The van der Waals surface area contributed by atoms with E-state index >= 15 is 0 Å². The van der Waals surface area contributed by atoms with E-state index in [1.165, 1.54) is 12.1 Å². The molecule has 6 nitrogen and oxygen atoms in total. The molecule has 2 rings (SSSR count). The lowest BCUT2D eigenvalue weighted by molar-refractivity contribution is -0.155. The lowest BCUT2D eigenvalue weighted by atomic mass is 10.1. The van der Waals surface area contributed by atoms with Crippen molar-refractivity contribution in [2.24, 2.45) is 0 Å². The van der Waals surface area contributed by atoms with E-state index in [0.29, 0.717) is 5.92 Å². The highest BCUT2D eigenvalue weighted by molar-refractivity contribution is 7.89. The highest BCUT2D eigenvalue weighted by Gasteiger charge is 2.32. The first-order valence-electron chi connectivity index (χ1n) is 6.28. The molecule has 0 radical (unpaired) electrons. The lowest BCUT2D eigenvalue weighted by Crippen LogP contribution is -2.46. The summed E-state index contributed by atoms with van der Waals surface area (Å²) in [7, 11) is -3.82. The number of hydrogen-bond acceptors (Lipinski definition) is 4. The molecule has 1 aromatic carbocycles. The van der Waals surface area contributed by atoms with Gasteiger partial charge in [-0.2, -0.15) is 0 Å². The number of rotatable bonds is 6. The van der Waals surface area contributed by atoms with E-state index in [0.717, 1.165) is 25.3 Å². The third-order valence-corrected chi connectivity index (χ3v) is 4.72. The highest BCUT2D eigenvalue weighted by atomic mass is 32.2. The fraction of sp³-hybridized carbons (Fsp3) is 0.462. The number of benzene rings is 1.